The molecule has 0 radical (unpaired) electrons. The minimum Gasteiger partial charge on any atom is -0.481 e. The number of carbonyl (C=O) groups is 2. The largest absolute Gasteiger partial charge is 0.481 e. The van der Waals surface area contributed by atoms with E-state index in [0.29, 0.717) is 5.56 Å². The minimum atomic E-state index is -0.912. The first kappa shape index (κ1) is 14.4. The molecule has 1 heterocycles. The Bertz CT molecular complexity index is 631. The van der Waals surface area contributed by atoms with Crippen LogP contribution in [0.2, 0.25) is 0 Å². The number of anilines is 1. The highest BCUT2D eigenvalue weighted by molar-refractivity contribution is 5.87. The highest BCUT2D eigenvalue weighted by atomic mass is 16.4. The summed E-state index contributed by atoms with van der Waals surface area (Å²) in [6, 6.07) is 8.25. The maximum Gasteiger partial charge on any atom is 0.321 e. The molecule has 0 saturated heterocycles. The van der Waals surface area contributed by atoms with Gasteiger partial charge in [-0.25, -0.2) is 14.8 Å². The summed E-state index contributed by atoms with van der Waals surface area (Å²) in [5.41, 5.74) is 1.42. The van der Waals surface area contributed by atoms with Crippen LogP contribution in [-0.4, -0.2) is 27.1 Å². The summed E-state index contributed by atoms with van der Waals surface area (Å²) in [6.45, 7) is 0.224. The second kappa shape index (κ2) is 6.99. The quantitative estimate of drug-likeness (QED) is 0.771. The van der Waals surface area contributed by atoms with Gasteiger partial charge in [-0.15, -0.1) is 0 Å². The minimum absolute atomic E-state index is 0.0821. The average molecular weight is 286 g/mol. The molecule has 108 valence electrons. The number of urea groups is 1. The van der Waals surface area contributed by atoms with Crippen molar-refractivity contribution in [3.8, 4) is 0 Å². The third kappa shape index (κ3) is 4.57. The van der Waals surface area contributed by atoms with Gasteiger partial charge in [0.05, 0.1) is 6.42 Å². The van der Waals surface area contributed by atoms with Gasteiger partial charge in [0.1, 0.15) is 0 Å². The van der Waals surface area contributed by atoms with Gasteiger partial charge in [0.15, 0.2) is 0 Å². The van der Waals surface area contributed by atoms with E-state index in [1.165, 1.54) is 12.4 Å². The third-order valence-corrected chi connectivity index (χ3v) is 2.69. The number of carbonyl (C=O) groups excluding carboxylic acids is 1. The van der Waals surface area contributed by atoms with E-state index in [9.17, 15) is 9.59 Å². The molecule has 0 aliphatic carbocycles. The lowest BCUT2D eigenvalue weighted by atomic mass is 10.0. The van der Waals surface area contributed by atoms with Crippen LogP contribution < -0.4 is 10.6 Å². The molecule has 2 aromatic rings. The zero-order valence-corrected chi connectivity index (χ0v) is 11.1. The molecule has 0 spiro atoms. The van der Waals surface area contributed by atoms with E-state index in [2.05, 4.69) is 20.6 Å². The van der Waals surface area contributed by atoms with Crippen LogP contribution >= 0.6 is 0 Å². The molecule has 0 aliphatic rings. The Morgan fingerprint density at radius 1 is 1.05 bits per heavy atom. The van der Waals surface area contributed by atoms with E-state index in [-0.39, 0.29) is 18.9 Å². The van der Waals surface area contributed by atoms with Crippen LogP contribution in [-0.2, 0) is 17.8 Å². The van der Waals surface area contributed by atoms with Gasteiger partial charge < -0.3 is 10.4 Å². The van der Waals surface area contributed by atoms with Crippen LogP contribution in [0.15, 0.2) is 42.7 Å². The Morgan fingerprint density at radius 3 is 2.38 bits per heavy atom. The van der Waals surface area contributed by atoms with Crippen molar-refractivity contribution < 1.29 is 14.7 Å². The lowest BCUT2D eigenvalue weighted by molar-refractivity contribution is -0.136. The Labute approximate surface area is 121 Å². The molecule has 0 bridgehead atoms. The van der Waals surface area contributed by atoms with Crippen LogP contribution in [0.5, 0.6) is 0 Å². The fraction of sp³-hybridized carbons (Fsp3) is 0.143. The first-order valence-electron chi connectivity index (χ1n) is 6.25. The topological polar surface area (TPSA) is 104 Å². The van der Waals surface area contributed by atoms with Gasteiger partial charge in [-0.1, -0.05) is 24.3 Å². The number of carboxylic acid groups (broad SMARTS) is 1. The van der Waals surface area contributed by atoms with Crippen LogP contribution in [0.3, 0.4) is 0 Å². The third-order valence-electron chi connectivity index (χ3n) is 2.69. The molecule has 21 heavy (non-hydrogen) atoms. The van der Waals surface area contributed by atoms with E-state index in [4.69, 9.17) is 5.11 Å². The maximum absolute atomic E-state index is 11.7. The van der Waals surface area contributed by atoms with Crippen molar-refractivity contribution in [3.63, 3.8) is 0 Å². The number of nitrogens with zero attached hydrogens (tertiary/aromatic N) is 2. The predicted octanol–water partition coefficient (Wildman–Crippen LogP) is 1.43. The molecular weight excluding hydrogens is 272 g/mol. The molecular formula is C14H14N4O3. The summed E-state index contributed by atoms with van der Waals surface area (Å²) in [6.07, 6.45) is 2.96. The van der Waals surface area contributed by atoms with E-state index < -0.39 is 12.0 Å². The van der Waals surface area contributed by atoms with Crippen molar-refractivity contribution in [3.05, 3.63) is 53.9 Å². The molecule has 0 atom stereocenters. The van der Waals surface area contributed by atoms with Crippen molar-refractivity contribution in [1.82, 2.24) is 15.3 Å². The van der Waals surface area contributed by atoms with Gasteiger partial charge in [-0.05, 0) is 17.2 Å². The molecule has 0 aliphatic heterocycles. The lowest BCUT2D eigenvalue weighted by Crippen LogP contribution is -2.29. The van der Waals surface area contributed by atoms with Crippen molar-refractivity contribution in [2.24, 2.45) is 0 Å². The van der Waals surface area contributed by atoms with Crippen LogP contribution in [0.1, 0.15) is 11.1 Å². The number of benzene rings is 1. The van der Waals surface area contributed by atoms with Gasteiger partial charge in [-0.3, -0.25) is 10.1 Å². The normalized spacial score (nSPS) is 9.90. The van der Waals surface area contributed by atoms with Crippen molar-refractivity contribution in [1.29, 1.82) is 0 Å². The number of hydrogen-bond acceptors (Lipinski definition) is 4. The smallest absolute Gasteiger partial charge is 0.321 e. The Hall–Kier alpha value is -2.96. The van der Waals surface area contributed by atoms with Crippen molar-refractivity contribution in [2.45, 2.75) is 13.0 Å². The molecule has 1 aromatic heterocycles. The molecule has 3 N–H and O–H groups in total. The van der Waals surface area contributed by atoms with Crippen molar-refractivity contribution >= 4 is 17.9 Å². The van der Waals surface area contributed by atoms with Crippen LogP contribution in [0, 0.1) is 0 Å². The molecule has 2 amide bonds. The fourth-order valence-corrected chi connectivity index (χ4v) is 1.75. The number of carboxylic acids is 1. The second-order valence-corrected chi connectivity index (χ2v) is 4.22. The van der Waals surface area contributed by atoms with Gasteiger partial charge in [0, 0.05) is 18.9 Å². The van der Waals surface area contributed by atoms with Crippen LogP contribution in [0.25, 0.3) is 0 Å². The van der Waals surface area contributed by atoms with Gasteiger partial charge >= 0.3 is 12.0 Å². The monoisotopic (exact) mass is 286 g/mol. The highest BCUT2D eigenvalue weighted by Gasteiger charge is 2.08. The van der Waals surface area contributed by atoms with E-state index in [0.717, 1.165) is 5.56 Å². The molecule has 0 unspecified atom stereocenters. The highest BCUT2D eigenvalue weighted by Crippen LogP contribution is 2.09. The lowest BCUT2D eigenvalue weighted by Gasteiger charge is -2.09. The van der Waals surface area contributed by atoms with E-state index in [1.54, 1.807) is 30.3 Å². The summed E-state index contributed by atoms with van der Waals surface area (Å²) in [4.78, 5) is 30.2. The zero-order chi connectivity index (χ0) is 15.1. The van der Waals surface area contributed by atoms with E-state index in [1.807, 2.05) is 0 Å². The summed E-state index contributed by atoms with van der Waals surface area (Å²) in [5.74, 6) is -0.710. The van der Waals surface area contributed by atoms with Gasteiger partial charge in [-0.2, -0.15) is 0 Å². The second-order valence-electron chi connectivity index (χ2n) is 4.22. The maximum atomic E-state index is 11.7. The van der Waals surface area contributed by atoms with Gasteiger partial charge in [0.25, 0.3) is 0 Å². The predicted molar refractivity (Wildman–Crippen MR) is 75.7 cm³/mol. The number of aliphatic carboxylic acids is 1. The van der Waals surface area contributed by atoms with E-state index >= 15 is 0 Å². The number of rotatable bonds is 5. The Morgan fingerprint density at radius 2 is 1.71 bits per heavy atom. The first-order valence-corrected chi connectivity index (χ1v) is 6.25. The van der Waals surface area contributed by atoms with Crippen molar-refractivity contribution in [2.75, 3.05) is 5.32 Å². The standard InChI is InChI=1S/C14H14N4O3/c19-12(20)8-10-4-1-2-5-11(10)9-17-14(21)18-13-15-6-3-7-16-13/h1-7H,8-9H2,(H,19,20)(H2,15,16,17,18,21). The SMILES string of the molecule is O=C(O)Cc1ccccc1CNC(=O)Nc1ncccn1. The number of hydrogen-bond donors (Lipinski definition) is 3. The summed E-state index contributed by atoms with van der Waals surface area (Å²) >= 11 is 0. The molecule has 1 aromatic carbocycles. The molecule has 7 nitrogen and oxygen atoms in total. The number of amides is 2. The summed E-state index contributed by atoms with van der Waals surface area (Å²) in [7, 11) is 0. The summed E-state index contributed by atoms with van der Waals surface area (Å²) in [5, 5.41) is 14.0. The van der Waals surface area contributed by atoms with Crippen LogP contribution in [0.4, 0.5) is 10.7 Å². The fourth-order valence-electron chi connectivity index (χ4n) is 1.75. The zero-order valence-electron chi connectivity index (χ0n) is 11.1. The molecule has 2 rings (SSSR count). The molecule has 7 heteroatoms. The number of aromatic nitrogens is 2. The summed E-state index contributed by atoms with van der Waals surface area (Å²) < 4.78 is 0. The Kier molecular flexibility index (Phi) is 4.81. The van der Waals surface area contributed by atoms with Gasteiger partial charge in [0.2, 0.25) is 5.95 Å². The molecule has 0 fully saturated rings. The Balaban J connectivity index is 1.93. The number of nitrogens with one attached hydrogen (secondary N) is 2. The first-order chi connectivity index (χ1) is 10.1. The average Bonchev–Trinajstić information content (AvgIpc) is 2.47. The molecule has 0 saturated carbocycles.